The summed E-state index contributed by atoms with van der Waals surface area (Å²) in [6.45, 7) is 3.78. The van der Waals surface area contributed by atoms with Crippen LogP contribution in [0.4, 0.5) is 5.82 Å². The maximum atomic E-state index is 15.0. The van der Waals surface area contributed by atoms with Crippen molar-refractivity contribution in [3.63, 3.8) is 0 Å². The molecule has 6 atom stereocenters. The molecule has 14 heteroatoms. The molecule has 4 aromatic rings. The first kappa shape index (κ1) is 35.0. The van der Waals surface area contributed by atoms with Crippen molar-refractivity contribution in [3.05, 3.63) is 70.3 Å². The smallest absolute Gasteiger partial charge is 0.303 e. The Morgan fingerprint density at radius 3 is 2.58 bits per heavy atom. The van der Waals surface area contributed by atoms with E-state index in [0.717, 1.165) is 26.1 Å². The molecular weight excluding hydrogens is 720 g/mol. The lowest BCUT2D eigenvalue weighted by atomic mass is 9.51. The van der Waals surface area contributed by atoms with Crippen LogP contribution >= 0.6 is 22.9 Å². The second kappa shape index (κ2) is 12.6. The molecule has 8 rings (SSSR count). The van der Waals surface area contributed by atoms with Gasteiger partial charge in [-0.1, -0.05) is 29.3 Å². The van der Waals surface area contributed by atoms with Gasteiger partial charge in [0.05, 0.1) is 35.2 Å². The molecule has 4 heterocycles. The lowest BCUT2D eigenvalue weighted by molar-refractivity contribution is -0.142. The highest BCUT2D eigenvalue weighted by Crippen LogP contribution is 2.64. The normalized spacial score (nSPS) is 26.6. The molecule has 0 radical (unpaired) electrons. The van der Waals surface area contributed by atoms with Crippen molar-refractivity contribution >= 4 is 68.4 Å². The topological polar surface area (TPSA) is 159 Å². The van der Waals surface area contributed by atoms with Crippen LogP contribution in [0.1, 0.15) is 49.7 Å². The average molecular weight is 757 g/mol. The number of carbonyl (C=O) groups is 5. The lowest BCUT2D eigenvalue weighted by Gasteiger charge is -2.49. The summed E-state index contributed by atoms with van der Waals surface area (Å²) in [5.41, 5.74) is 1.70. The van der Waals surface area contributed by atoms with Crippen molar-refractivity contribution in [2.75, 3.05) is 18.6 Å². The fourth-order valence-corrected chi connectivity index (χ4v) is 10.7. The van der Waals surface area contributed by atoms with Crippen molar-refractivity contribution < 1.29 is 38.9 Å². The molecule has 2 N–H and O–H groups in total. The van der Waals surface area contributed by atoms with Gasteiger partial charge in [-0.2, -0.15) is 5.10 Å². The first-order valence-corrected chi connectivity index (χ1v) is 18.7. The van der Waals surface area contributed by atoms with Crippen molar-refractivity contribution in [3.8, 4) is 22.1 Å². The van der Waals surface area contributed by atoms with Crippen LogP contribution < -0.4 is 9.64 Å². The van der Waals surface area contributed by atoms with Gasteiger partial charge in [0, 0.05) is 41.7 Å². The van der Waals surface area contributed by atoms with Crippen LogP contribution in [0.5, 0.6) is 11.5 Å². The third kappa shape index (κ3) is 5.14. The number of halogens is 1. The molecule has 0 bridgehead atoms. The number of methoxy groups -OCH3 is 1. The average Bonchev–Trinajstić information content (AvgIpc) is 3.79. The Labute approximate surface area is 313 Å². The SMILES string of the molecule is COc1cc([C@H]2C3=CC[C@@H]4C(=O)N(CCCC(=O)O)C(=O)[C@@H]4[C@@H]3C[C@H]3C(=O)N(c4cc(-c5sc6ccc(Cl)cc6c5C)nn4C)C(=O)[C@@]23C)ccc1O. The predicted molar refractivity (Wildman–Crippen MR) is 197 cm³/mol. The van der Waals surface area contributed by atoms with Gasteiger partial charge in [-0.3, -0.25) is 33.6 Å². The third-order valence-electron chi connectivity index (χ3n) is 11.9. The number of benzene rings is 2. The van der Waals surface area contributed by atoms with E-state index in [1.807, 2.05) is 31.2 Å². The van der Waals surface area contributed by atoms with Gasteiger partial charge in [-0.15, -0.1) is 11.3 Å². The molecule has 0 spiro atoms. The zero-order chi connectivity index (χ0) is 37.7. The quantitative estimate of drug-likeness (QED) is 0.161. The standard InChI is InChI=1S/C39H37ClN4O8S/c1-18-23-15-20(40)8-12-29(23)53-34(18)26-17-30(42(3)41-26)44-36(49)25-16-24-21(9-10-22-32(24)37(50)43(35(22)48)13-5-6-31(46)47)33(39(25,2)38(44)51)19-7-11-27(45)28(14-19)52-4/h7-9,11-12,14-15,17,22,24-25,32-33,45H,5-6,10,13,16H2,1-4H3,(H,46,47)/t22-,24+,25-,32-,33-,39+/m0/s1. The molecule has 2 aliphatic heterocycles. The number of nitrogens with zero attached hydrogens (tertiary/aromatic N) is 4. The van der Waals surface area contributed by atoms with E-state index in [-0.39, 0.29) is 55.5 Å². The summed E-state index contributed by atoms with van der Waals surface area (Å²) >= 11 is 7.84. The van der Waals surface area contributed by atoms with Crippen LogP contribution in [-0.2, 0) is 31.0 Å². The van der Waals surface area contributed by atoms with Crippen LogP contribution in [0.15, 0.2) is 54.1 Å². The van der Waals surface area contributed by atoms with E-state index in [9.17, 15) is 24.3 Å². The summed E-state index contributed by atoms with van der Waals surface area (Å²) in [6, 6.07) is 12.3. The number of phenolic OH excluding ortho intramolecular Hbond substituents is 1. The minimum absolute atomic E-state index is 0.000907. The molecule has 3 fully saturated rings. The number of hydrogen-bond acceptors (Lipinski definition) is 9. The van der Waals surface area contributed by atoms with Crippen LogP contribution in [0.25, 0.3) is 20.7 Å². The number of imide groups is 2. The molecule has 4 aliphatic rings. The number of carboxylic acid groups (broad SMARTS) is 1. The molecule has 2 aromatic carbocycles. The lowest BCUT2D eigenvalue weighted by Crippen LogP contribution is -2.49. The fraction of sp³-hybridized carbons (Fsp3) is 0.385. The van der Waals surface area contributed by atoms with Gasteiger partial charge in [-0.05, 0) is 85.9 Å². The third-order valence-corrected chi connectivity index (χ3v) is 13.4. The number of aliphatic carboxylic acids is 1. The van der Waals surface area contributed by atoms with Crippen LogP contribution in [-0.4, -0.2) is 68.1 Å². The number of fused-ring (bicyclic) bond motifs is 5. The van der Waals surface area contributed by atoms with Crippen molar-refractivity contribution in [1.29, 1.82) is 0 Å². The number of carbonyl (C=O) groups excluding carboxylic acids is 4. The van der Waals surface area contributed by atoms with Gasteiger partial charge < -0.3 is 14.9 Å². The van der Waals surface area contributed by atoms with E-state index in [0.29, 0.717) is 22.1 Å². The van der Waals surface area contributed by atoms with Gasteiger partial charge in [0.25, 0.3) is 0 Å². The number of ether oxygens (including phenoxy) is 1. The summed E-state index contributed by atoms with van der Waals surface area (Å²) in [6.07, 6.45) is 2.34. The number of rotatable bonds is 8. The molecule has 1 saturated carbocycles. The summed E-state index contributed by atoms with van der Waals surface area (Å²) in [5.74, 6) is -5.65. The highest BCUT2D eigenvalue weighted by molar-refractivity contribution is 7.22. The molecule has 274 valence electrons. The monoisotopic (exact) mass is 756 g/mol. The van der Waals surface area contributed by atoms with Crippen LogP contribution in [0.3, 0.4) is 0 Å². The largest absolute Gasteiger partial charge is 0.504 e. The van der Waals surface area contributed by atoms with E-state index >= 15 is 4.79 Å². The molecule has 2 saturated heterocycles. The number of aromatic hydroxyl groups is 1. The summed E-state index contributed by atoms with van der Waals surface area (Å²) in [7, 11) is 3.12. The number of carboxylic acids is 1. The molecule has 2 aliphatic carbocycles. The number of aryl methyl sites for hydroxylation is 2. The Hall–Kier alpha value is -5.01. The minimum Gasteiger partial charge on any atom is -0.504 e. The van der Waals surface area contributed by atoms with E-state index in [1.54, 1.807) is 43.5 Å². The highest BCUT2D eigenvalue weighted by atomic mass is 35.5. The van der Waals surface area contributed by atoms with E-state index < -0.39 is 52.8 Å². The van der Waals surface area contributed by atoms with E-state index in [4.69, 9.17) is 26.5 Å². The van der Waals surface area contributed by atoms with E-state index in [1.165, 1.54) is 27.7 Å². The van der Waals surface area contributed by atoms with Gasteiger partial charge >= 0.3 is 5.97 Å². The number of thiophene rings is 1. The van der Waals surface area contributed by atoms with Crippen molar-refractivity contribution in [2.45, 2.75) is 45.4 Å². The second-order valence-corrected chi connectivity index (χ2v) is 16.1. The number of allylic oxidation sites excluding steroid dienone is 2. The molecule has 53 heavy (non-hydrogen) atoms. The van der Waals surface area contributed by atoms with Crippen LogP contribution in [0.2, 0.25) is 5.02 Å². The number of anilines is 1. The molecule has 2 aromatic heterocycles. The Morgan fingerprint density at radius 1 is 1.08 bits per heavy atom. The predicted octanol–water partition coefficient (Wildman–Crippen LogP) is 6.07. The maximum absolute atomic E-state index is 15.0. The maximum Gasteiger partial charge on any atom is 0.303 e. The molecule has 4 amide bonds. The van der Waals surface area contributed by atoms with E-state index in [2.05, 4.69) is 0 Å². The first-order valence-electron chi connectivity index (χ1n) is 17.5. The fourth-order valence-electron chi connectivity index (χ4n) is 9.38. The molecule has 0 unspecified atom stereocenters. The Morgan fingerprint density at radius 2 is 1.85 bits per heavy atom. The van der Waals surface area contributed by atoms with Gasteiger partial charge in [0.2, 0.25) is 23.6 Å². The highest BCUT2D eigenvalue weighted by Gasteiger charge is 2.68. The summed E-state index contributed by atoms with van der Waals surface area (Å²) in [5, 5.41) is 26.1. The Kier molecular flexibility index (Phi) is 8.30. The first-order chi connectivity index (χ1) is 25.3. The number of aromatic nitrogens is 2. The zero-order valence-electron chi connectivity index (χ0n) is 29.5. The van der Waals surface area contributed by atoms with Gasteiger partial charge in [-0.25, -0.2) is 4.90 Å². The van der Waals surface area contributed by atoms with Crippen molar-refractivity contribution in [2.24, 2.45) is 36.1 Å². The molecular formula is C39H37ClN4O8S. The van der Waals surface area contributed by atoms with Crippen molar-refractivity contribution in [1.82, 2.24) is 14.7 Å². The Balaban J connectivity index is 1.22. The minimum atomic E-state index is -1.31. The van der Waals surface area contributed by atoms with Gasteiger partial charge in [0.1, 0.15) is 11.5 Å². The number of likely N-dealkylation sites (tertiary alicyclic amines) is 1. The molecule has 12 nitrogen and oxygen atoms in total. The number of phenols is 1. The Bertz CT molecular complexity index is 2310. The van der Waals surface area contributed by atoms with Crippen LogP contribution in [0, 0.1) is 36.0 Å². The number of amides is 4. The van der Waals surface area contributed by atoms with Gasteiger partial charge in [0.15, 0.2) is 11.5 Å². The second-order valence-electron chi connectivity index (χ2n) is 14.6. The number of hydrogen-bond donors (Lipinski definition) is 2. The summed E-state index contributed by atoms with van der Waals surface area (Å²) in [4.78, 5) is 72.0. The summed E-state index contributed by atoms with van der Waals surface area (Å²) < 4.78 is 8.04. The zero-order valence-corrected chi connectivity index (χ0v) is 31.0.